The molecule has 29 heavy (non-hydrogen) atoms. The van der Waals surface area contributed by atoms with Crippen LogP contribution in [0.5, 0.6) is 0 Å². The zero-order valence-electron chi connectivity index (χ0n) is 16.7. The van der Waals surface area contributed by atoms with Gasteiger partial charge in [0.25, 0.3) is 5.91 Å². The summed E-state index contributed by atoms with van der Waals surface area (Å²) in [6.07, 6.45) is 3.75. The lowest BCUT2D eigenvalue weighted by molar-refractivity contribution is -0.142. The Kier molecular flexibility index (Phi) is 4.34. The largest absolute Gasteiger partial charge is 0.362 e. The third-order valence-electron chi connectivity index (χ3n) is 7.10. The van der Waals surface area contributed by atoms with Crippen LogP contribution in [0.2, 0.25) is 0 Å². The van der Waals surface area contributed by atoms with Crippen molar-refractivity contribution in [3.8, 4) is 0 Å². The Morgan fingerprint density at radius 3 is 2.59 bits per heavy atom. The van der Waals surface area contributed by atoms with Gasteiger partial charge in [0.15, 0.2) is 0 Å². The first-order valence-corrected chi connectivity index (χ1v) is 10.5. The average Bonchev–Trinajstić information content (AvgIpc) is 2.74. The summed E-state index contributed by atoms with van der Waals surface area (Å²) in [5.74, 6) is 0.841. The smallest absolute Gasteiger partial charge is 0.255 e. The third-order valence-corrected chi connectivity index (χ3v) is 7.10. The number of nitrogens with one attached hydrogen (secondary N) is 2. The van der Waals surface area contributed by atoms with E-state index in [1.165, 1.54) is 0 Å². The van der Waals surface area contributed by atoms with E-state index in [9.17, 15) is 9.59 Å². The van der Waals surface area contributed by atoms with E-state index in [1.54, 1.807) is 0 Å². The Hall–Kier alpha value is -2.82. The SMILES string of the molecule is CN(Cc1ccccc1)C(=O)[C@H]1C[C@H]2CC[C@H]1C[C@@]21NC(=O)c2ccccc2N1. The minimum absolute atomic E-state index is 0.00373. The summed E-state index contributed by atoms with van der Waals surface area (Å²) < 4.78 is 0. The number of benzene rings is 2. The number of para-hydroxylation sites is 1. The summed E-state index contributed by atoms with van der Waals surface area (Å²) in [6.45, 7) is 0.640. The number of amides is 2. The van der Waals surface area contributed by atoms with Crippen molar-refractivity contribution >= 4 is 17.5 Å². The highest BCUT2D eigenvalue weighted by atomic mass is 16.2. The van der Waals surface area contributed by atoms with Gasteiger partial charge in [0, 0.05) is 31.1 Å². The highest BCUT2D eigenvalue weighted by Crippen LogP contribution is 2.52. The highest BCUT2D eigenvalue weighted by Gasteiger charge is 2.55. The van der Waals surface area contributed by atoms with Crippen molar-refractivity contribution in [2.24, 2.45) is 17.8 Å². The van der Waals surface area contributed by atoms with Crippen LogP contribution < -0.4 is 10.6 Å². The van der Waals surface area contributed by atoms with Crippen LogP contribution in [0.15, 0.2) is 54.6 Å². The summed E-state index contributed by atoms with van der Waals surface area (Å²) in [6, 6.07) is 17.8. The highest BCUT2D eigenvalue weighted by molar-refractivity contribution is 6.02. The minimum Gasteiger partial charge on any atom is -0.362 e. The lowest BCUT2D eigenvalue weighted by Crippen LogP contribution is -2.68. The maximum atomic E-state index is 13.2. The second-order valence-electron chi connectivity index (χ2n) is 8.86. The monoisotopic (exact) mass is 389 g/mol. The number of carbonyl (C=O) groups is 2. The summed E-state index contributed by atoms with van der Waals surface area (Å²) in [7, 11) is 1.91. The van der Waals surface area contributed by atoms with E-state index in [-0.39, 0.29) is 23.7 Å². The van der Waals surface area contributed by atoms with Crippen molar-refractivity contribution in [1.82, 2.24) is 10.2 Å². The molecule has 4 atom stereocenters. The molecule has 1 aliphatic heterocycles. The van der Waals surface area contributed by atoms with Gasteiger partial charge in [-0.05, 0) is 49.3 Å². The number of hydrogen-bond donors (Lipinski definition) is 2. The lowest BCUT2D eigenvalue weighted by atomic mass is 9.58. The molecule has 0 saturated heterocycles. The van der Waals surface area contributed by atoms with Crippen LogP contribution in [-0.4, -0.2) is 29.4 Å². The fraction of sp³-hybridized carbons (Fsp3) is 0.417. The molecule has 0 unspecified atom stereocenters. The molecule has 0 aromatic heterocycles. The Bertz CT molecular complexity index is 944. The van der Waals surface area contributed by atoms with Crippen molar-refractivity contribution in [3.63, 3.8) is 0 Å². The summed E-state index contributed by atoms with van der Waals surface area (Å²) in [4.78, 5) is 27.9. The summed E-state index contributed by atoms with van der Waals surface area (Å²) >= 11 is 0. The van der Waals surface area contributed by atoms with E-state index in [4.69, 9.17) is 0 Å². The molecule has 3 saturated carbocycles. The van der Waals surface area contributed by atoms with Crippen molar-refractivity contribution in [2.45, 2.75) is 37.9 Å². The fourth-order valence-corrected chi connectivity index (χ4v) is 5.66. The Balaban J connectivity index is 1.33. The van der Waals surface area contributed by atoms with Crippen molar-refractivity contribution in [2.75, 3.05) is 12.4 Å². The standard InChI is InChI=1S/C24H27N3O2/c1-27(15-16-7-3-2-4-8-16)23(29)20-13-18-12-11-17(20)14-24(18)25-21-10-6-5-9-19(21)22(28)26-24/h2-10,17-18,20,25H,11-15H2,1H3,(H,26,28)/t17-,18+,20-,24+/m0/s1. The molecule has 1 spiro atoms. The van der Waals surface area contributed by atoms with E-state index in [1.807, 2.05) is 54.4 Å². The van der Waals surface area contributed by atoms with Crippen LogP contribution in [0.3, 0.4) is 0 Å². The molecule has 3 fully saturated rings. The molecule has 2 aromatic rings. The molecule has 4 aliphatic rings. The van der Waals surface area contributed by atoms with Gasteiger partial charge in [0.1, 0.15) is 5.66 Å². The van der Waals surface area contributed by atoms with E-state index < -0.39 is 5.66 Å². The van der Waals surface area contributed by atoms with Gasteiger partial charge < -0.3 is 15.5 Å². The zero-order chi connectivity index (χ0) is 20.0. The number of rotatable bonds is 3. The molecule has 2 N–H and O–H groups in total. The summed E-state index contributed by atoms with van der Waals surface area (Å²) in [5.41, 5.74) is 2.35. The van der Waals surface area contributed by atoms with E-state index in [0.717, 1.165) is 36.9 Å². The quantitative estimate of drug-likeness (QED) is 0.843. The van der Waals surface area contributed by atoms with Crippen LogP contribution in [0.4, 0.5) is 5.69 Å². The van der Waals surface area contributed by atoms with Gasteiger partial charge in [0.2, 0.25) is 5.91 Å². The summed E-state index contributed by atoms with van der Waals surface area (Å²) in [5, 5.41) is 6.92. The molecule has 2 aromatic carbocycles. The molecular formula is C24H27N3O2. The van der Waals surface area contributed by atoms with Gasteiger partial charge in [-0.25, -0.2) is 0 Å². The maximum Gasteiger partial charge on any atom is 0.255 e. The average molecular weight is 389 g/mol. The molecule has 0 radical (unpaired) electrons. The Morgan fingerprint density at radius 2 is 1.83 bits per heavy atom. The molecule has 1 heterocycles. The second-order valence-corrected chi connectivity index (χ2v) is 8.86. The first-order chi connectivity index (χ1) is 14.1. The molecule has 150 valence electrons. The number of fused-ring (bicyclic) bond motifs is 3. The maximum absolute atomic E-state index is 13.2. The zero-order valence-corrected chi connectivity index (χ0v) is 16.7. The van der Waals surface area contributed by atoms with Crippen LogP contribution in [-0.2, 0) is 11.3 Å². The molecular weight excluding hydrogens is 362 g/mol. The molecule has 3 aliphatic carbocycles. The third kappa shape index (κ3) is 3.09. The number of carbonyl (C=O) groups excluding carboxylic acids is 2. The topological polar surface area (TPSA) is 61.4 Å². The van der Waals surface area contributed by atoms with Crippen molar-refractivity contribution < 1.29 is 9.59 Å². The van der Waals surface area contributed by atoms with Crippen LogP contribution in [0.25, 0.3) is 0 Å². The first-order valence-electron chi connectivity index (χ1n) is 10.5. The molecule has 5 nitrogen and oxygen atoms in total. The number of anilines is 1. The van der Waals surface area contributed by atoms with Gasteiger partial charge in [0.05, 0.1) is 5.56 Å². The lowest BCUT2D eigenvalue weighted by Gasteiger charge is -2.56. The predicted octanol–water partition coefficient (Wildman–Crippen LogP) is 3.63. The normalized spacial score (nSPS) is 29.7. The first kappa shape index (κ1) is 18.2. The van der Waals surface area contributed by atoms with E-state index >= 15 is 0 Å². The minimum atomic E-state index is -0.414. The molecule has 6 rings (SSSR count). The van der Waals surface area contributed by atoms with Gasteiger partial charge in [-0.3, -0.25) is 9.59 Å². The second kappa shape index (κ2) is 6.90. The van der Waals surface area contributed by atoms with Gasteiger partial charge in [-0.1, -0.05) is 42.5 Å². The number of hydrogen-bond acceptors (Lipinski definition) is 3. The van der Waals surface area contributed by atoms with E-state index in [0.29, 0.717) is 18.0 Å². The van der Waals surface area contributed by atoms with Gasteiger partial charge >= 0.3 is 0 Å². The van der Waals surface area contributed by atoms with Crippen LogP contribution >= 0.6 is 0 Å². The van der Waals surface area contributed by atoms with Gasteiger partial charge in [-0.15, -0.1) is 0 Å². The predicted molar refractivity (Wildman–Crippen MR) is 112 cm³/mol. The van der Waals surface area contributed by atoms with Crippen LogP contribution in [0.1, 0.15) is 41.6 Å². The van der Waals surface area contributed by atoms with Crippen molar-refractivity contribution in [1.29, 1.82) is 0 Å². The van der Waals surface area contributed by atoms with Crippen LogP contribution in [0, 0.1) is 17.8 Å². The molecule has 2 amide bonds. The van der Waals surface area contributed by atoms with Crippen molar-refractivity contribution in [3.05, 3.63) is 65.7 Å². The Labute approximate surface area is 171 Å². The number of nitrogens with zero attached hydrogens (tertiary/aromatic N) is 1. The van der Waals surface area contributed by atoms with Gasteiger partial charge in [-0.2, -0.15) is 0 Å². The molecule has 5 heteroatoms. The van der Waals surface area contributed by atoms with E-state index in [2.05, 4.69) is 22.8 Å². The fourth-order valence-electron chi connectivity index (χ4n) is 5.66. The Morgan fingerprint density at radius 1 is 1.07 bits per heavy atom. The molecule has 2 bridgehead atoms.